The Labute approximate surface area is 109 Å². The van der Waals surface area contributed by atoms with Crippen LogP contribution in [0.3, 0.4) is 0 Å². The first-order chi connectivity index (χ1) is 8.16. The van der Waals surface area contributed by atoms with E-state index in [0.717, 1.165) is 26.0 Å². The van der Waals surface area contributed by atoms with Gasteiger partial charge in [-0.05, 0) is 26.8 Å². The highest BCUT2D eigenvalue weighted by Gasteiger charge is 2.32. The van der Waals surface area contributed by atoms with E-state index in [-0.39, 0.29) is 5.60 Å². The lowest BCUT2D eigenvalue weighted by Crippen LogP contribution is -2.51. The quantitative estimate of drug-likeness (QED) is 0.776. The lowest BCUT2D eigenvalue weighted by atomic mass is 9.90. The molecule has 0 aromatic carbocycles. The highest BCUT2D eigenvalue weighted by Crippen LogP contribution is 2.24. The van der Waals surface area contributed by atoms with Crippen molar-refractivity contribution in [2.45, 2.75) is 52.2 Å². The average molecular weight is 256 g/mol. The van der Waals surface area contributed by atoms with Gasteiger partial charge in [-0.2, -0.15) is 0 Å². The molecule has 2 atom stereocenters. The molecule has 2 unspecified atom stereocenters. The first kappa shape index (κ1) is 14.6. The molecule has 0 spiro atoms. The van der Waals surface area contributed by atoms with Gasteiger partial charge in [0.1, 0.15) is 0 Å². The Balaban J connectivity index is 2.75. The number of hydrogen-bond acceptors (Lipinski definition) is 4. The number of aromatic nitrogens is 1. The van der Waals surface area contributed by atoms with Gasteiger partial charge in [0.15, 0.2) is 0 Å². The van der Waals surface area contributed by atoms with E-state index in [1.807, 2.05) is 11.7 Å². The molecule has 1 aromatic heterocycles. The van der Waals surface area contributed by atoms with Crippen LogP contribution in [0, 0.1) is 0 Å². The number of nitrogens with one attached hydrogen (secondary N) is 1. The summed E-state index contributed by atoms with van der Waals surface area (Å²) < 4.78 is 5.96. The summed E-state index contributed by atoms with van der Waals surface area (Å²) in [4.78, 5) is 5.45. The molecular weight excluding hydrogens is 232 g/mol. The third-order valence-electron chi connectivity index (χ3n) is 3.25. The molecule has 0 aliphatic heterocycles. The van der Waals surface area contributed by atoms with Gasteiger partial charge in [-0.3, -0.25) is 4.98 Å². The fourth-order valence-corrected chi connectivity index (χ4v) is 2.71. The zero-order valence-electron chi connectivity index (χ0n) is 11.3. The van der Waals surface area contributed by atoms with Gasteiger partial charge in [0.2, 0.25) is 0 Å². The standard InChI is InChI=1S/C13H24N2OS/c1-5-13(4,16-7-3)12(15-6-2)8-11-9-14-10-17-11/h9-10,12,15H,5-8H2,1-4H3. The van der Waals surface area contributed by atoms with Crippen molar-refractivity contribution in [1.29, 1.82) is 0 Å². The van der Waals surface area contributed by atoms with Crippen LogP contribution in [0.5, 0.6) is 0 Å². The predicted molar refractivity (Wildman–Crippen MR) is 73.6 cm³/mol. The largest absolute Gasteiger partial charge is 0.374 e. The minimum absolute atomic E-state index is 0.102. The number of likely N-dealkylation sites (N-methyl/N-ethyl adjacent to an activating group) is 1. The van der Waals surface area contributed by atoms with Gasteiger partial charge < -0.3 is 10.1 Å². The average Bonchev–Trinajstić information content (AvgIpc) is 2.81. The van der Waals surface area contributed by atoms with Gasteiger partial charge >= 0.3 is 0 Å². The zero-order valence-corrected chi connectivity index (χ0v) is 12.1. The Kier molecular flexibility index (Phi) is 6.09. The number of hydrogen-bond donors (Lipinski definition) is 1. The van der Waals surface area contributed by atoms with Crippen LogP contribution in [0.1, 0.15) is 39.0 Å². The molecule has 0 aliphatic carbocycles. The molecule has 3 nitrogen and oxygen atoms in total. The van der Waals surface area contributed by atoms with Gasteiger partial charge in [0.05, 0.1) is 11.1 Å². The number of rotatable bonds is 8. The summed E-state index contributed by atoms with van der Waals surface area (Å²) >= 11 is 1.72. The molecule has 4 heteroatoms. The van der Waals surface area contributed by atoms with E-state index in [9.17, 15) is 0 Å². The fraction of sp³-hybridized carbons (Fsp3) is 0.769. The molecule has 0 radical (unpaired) electrons. The Hall–Kier alpha value is -0.450. The lowest BCUT2D eigenvalue weighted by Gasteiger charge is -2.37. The summed E-state index contributed by atoms with van der Waals surface area (Å²) in [6.07, 6.45) is 3.96. The second-order valence-electron chi connectivity index (χ2n) is 4.38. The second-order valence-corrected chi connectivity index (χ2v) is 5.35. The molecule has 0 bridgehead atoms. The molecule has 1 rings (SSSR count). The molecular formula is C13H24N2OS. The monoisotopic (exact) mass is 256 g/mol. The molecule has 1 heterocycles. The van der Waals surface area contributed by atoms with Crippen molar-refractivity contribution >= 4 is 11.3 Å². The first-order valence-corrected chi connectivity index (χ1v) is 7.28. The van der Waals surface area contributed by atoms with Crippen molar-refractivity contribution in [3.05, 3.63) is 16.6 Å². The Bertz CT molecular complexity index is 302. The highest BCUT2D eigenvalue weighted by atomic mass is 32.1. The highest BCUT2D eigenvalue weighted by molar-refractivity contribution is 7.09. The van der Waals surface area contributed by atoms with Gasteiger partial charge in [-0.1, -0.05) is 13.8 Å². The maximum Gasteiger partial charge on any atom is 0.0807 e. The summed E-state index contributed by atoms with van der Waals surface area (Å²) in [6.45, 7) is 10.3. The zero-order chi connectivity index (χ0) is 12.7. The van der Waals surface area contributed by atoms with E-state index in [2.05, 4.69) is 38.0 Å². The van der Waals surface area contributed by atoms with E-state index in [1.54, 1.807) is 11.3 Å². The molecule has 0 amide bonds. The van der Waals surface area contributed by atoms with Crippen molar-refractivity contribution in [2.24, 2.45) is 0 Å². The molecule has 0 aliphatic rings. The number of nitrogens with zero attached hydrogens (tertiary/aromatic N) is 1. The maximum atomic E-state index is 5.96. The van der Waals surface area contributed by atoms with Gasteiger partial charge in [-0.15, -0.1) is 11.3 Å². The molecule has 17 heavy (non-hydrogen) atoms. The third kappa shape index (κ3) is 4.05. The van der Waals surface area contributed by atoms with Gasteiger partial charge in [0, 0.05) is 30.1 Å². The van der Waals surface area contributed by atoms with Crippen LogP contribution in [0.25, 0.3) is 0 Å². The molecule has 0 saturated heterocycles. The van der Waals surface area contributed by atoms with Gasteiger partial charge in [0.25, 0.3) is 0 Å². The van der Waals surface area contributed by atoms with Gasteiger partial charge in [-0.25, -0.2) is 0 Å². The summed E-state index contributed by atoms with van der Waals surface area (Å²) in [5.41, 5.74) is 1.79. The lowest BCUT2D eigenvalue weighted by molar-refractivity contribution is -0.0545. The maximum absolute atomic E-state index is 5.96. The number of ether oxygens (including phenoxy) is 1. The first-order valence-electron chi connectivity index (χ1n) is 6.41. The fourth-order valence-electron chi connectivity index (χ4n) is 2.07. The van der Waals surface area contributed by atoms with Crippen LogP contribution >= 0.6 is 11.3 Å². The van der Waals surface area contributed by atoms with Crippen molar-refractivity contribution in [3.63, 3.8) is 0 Å². The topological polar surface area (TPSA) is 34.2 Å². The van der Waals surface area contributed by atoms with E-state index >= 15 is 0 Å². The van der Waals surface area contributed by atoms with Crippen LogP contribution in [-0.2, 0) is 11.2 Å². The van der Waals surface area contributed by atoms with Crippen molar-refractivity contribution < 1.29 is 4.74 Å². The summed E-state index contributed by atoms with van der Waals surface area (Å²) in [5.74, 6) is 0. The SMILES string of the molecule is CCNC(Cc1cncs1)C(C)(CC)OCC. The minimum Gasteiger partial charge on any atom is -0.374 e. The molecule has 0 saturated carbocycles. The van der Waals surface area contributed by atoms with E-state index < -0.39 is 0 Å². The van der Waals surface area contributed by atoms with Crippen LogP contribution in [0.4, 0.5) is 0 Å². The Morgan fingerprint density at radius 3 is 2.71 bits per heavy atom. The number of thiazole rings is 1. The van der Waals surface area contributed by atoms with Crippen molar-refractivity contribution in [2.75, 3.05) is 13.2 Å². The summed E-state index contributed by atoms with van der Waals surface area (Å²) in [6, 6.07) is 0.345. The molecule has 1 aromatic rings. The minimum atomic E-state index is -0.102. The summed E-state index contributed by atoms with van der Waals surface area (Å²) in [7, 11) is 0. The molecule has 1 N–H and O–H groups in total. The van der Waals surface area contributed by atoms with E-state index in [4.69, 9.17) is 4.74 Å². The summed E-state index contributed by atoms with van der Waals surface area (Å²) in [5, 5.41) is 3.55. The normalized spacial score (nSPS) is 16.7. The second kappa shape index (κ2) is 7.09. The predicted octanol–water partition coefficient (Wildman–Crippen LogP) is 2.87. The van der Waals surface area contributed by atoms with Crippen LogP contribution in [0.2, 0.25) is 0 Å². The Morgan fingerprint density at radius 2 is 2.24 bits per heavy atom. The van der Waals surface area contributed by atoms with Crippen LogP contribution in [0.15, 0.2) is 11.7 Å². The smallest absolute Gasteiger partial charge is 0.0807 e. The van der Waals surface area contributed by atoms with Crippen molar-refractivity contribution in [1.82, 2.24) is 10.3 Å². The van der Waals surface area contributed by atoms with Crippen molar-refractivity contribution in [3.8, 4) is 0 Å². The Morgan fingerprint density at radius 1 is 1.47 bits per heavy atom. The third-order valence-corrected chi connectivity index (χ3v) is 4.05. The molecule has 98 valence electrons. The van der Waals surface area contributed by atoms with Crippen LogP contribution in [-0.4, -0.2) is 29.8 Å². The van der Waals surface area contributed by atoms with E-state index in [0.29, 0.717) is 6.04 Å². The van der Waals surface area contributed by atoms with Crippen LogP contribution < -0.4 is 5.32 Å². The van der Waals surface area contributed by atoms with E-state index in [1.165, 1.54) is 4.88 Å². The molecule has 0 fully saturated rings.